The Morgan fingerprint density at radius 1 is 1.13 bits per heavy atom. The molecule has 0 N–H and O–H groups in total. The SMILES string of the molecule is CC12C(=O)N(c3nc4ccccc4s3)C(=O)[C@@]1(C)[C@@H]1CC[C@H]2O1. The lowest BCUT2D eigenvalue weighted by Crippen LogP contribution is -2.48. The first-order valence-electron chi connectivity index (χ1n) is 7.88. The molecule has 118 valence electrons. The van der Waals surface area contributed by atoms with E-state index in [1.54, 1.807) is 0 Å². The summed E-state index contributed by atoms with van der Waals surface area (Å²) in [7, 11) is 0. The third-order valence-electron chi connectivity index (χ3n) is 6.15. The molecule has 6 heteroatoms. The summed E-state index contributed by atoms with van der Waals surface area (Å²) < 4.78 is 6.93. The van der Waals surface area contributed by atoms with E-state index in [1.807, 2.05) is 38.1 Å². The van der Waals surface area contributed by atoms with Gasteiger partial charge in [0, 0.05) is 0 Å². The van der Waals surface area contributed by atoms with Crippen LogP contribution in [0.4, 0.5) is 5.13 Å². The Labute approximate surface area is 137 Å². The Bertz CT molecular complexity index is 811. The summed E-state index contributed by atoms with van der Waals surface area (Å²) in [5.74, 6) is -0.312. The first kappa shape index (κ1) is 13.6. The Morgan fingerprint density at radius 3 is 2.35 bits per heavy atom. The number of para-hydroxylation sites is 1. The highest BCUT2D eigenvalue weighted by atomic mass is 32.1. The van der Waals surface area contributed by atoms with Gasteiger partial charge in [-0.05, 0) is 38.8 Å². The van der Waals surface area contributed by atoms with Crippen molar-refractivity contribution >= 4 is 38.5 Å². The molecule has 1 aromatic carbocycles. The van der Waals surface area contributed by atoms with Crippen molar-refractivity contribution in [3.8, 4) is 0 Å². The molecule has 4 heterocycles. The number of anilines is 1. The molecule has 0 spiro atoms. The number of fused-ring (bicyclic) bond motifs is 6. The van der Waals surface area contributed by atoms with Gasteiger partial charge < -0.3 is 4.74 Å². The van der Waals surface area contributed by atoms with E-state index in [1.165, 1.54) is 16.2 Å². The number of aromatic nitrogens is 1. The lowest BCUT2D eigenvalue weighted by Gasteiger charge is -2.36. The molecule has 3 aliphatic heterocycles. The van der Waals surface area contributed by atoms with Gasteiger partial charge in [-0.25, -0.2) is 9.88 Å². The van der Waals surface area contributed by atoms with Crippen molar-refractivity contribution in [2.75, 3.05) is 4.90 Å². The van der Waals surface area contributed by atoms with Gasteiger partial charge in [0.05, 0.1) is 33.3 Å². The second-order valence-corrected chi connectivity index (χ2v) is 8.01. The molecule has 2 amide bonds. The molecule has 5 nitrogen and oxygen atoms in total. The fraction of sp³-hybridized carbons (Fsp3) is 0.471. The molecule has 5 rings (SSSR count). The van der Waals surface area contributed by atoms with Gasteiger partial charge in [0.2, 0.25) is 11.8 Å². The van der Waals surface area contributed by atoms with Crippen molar-refractivity contribution in [3.63, 3.8) is 0 Å². The van der Waals surface area contributed by atoms with Gasteiger partial charge in [-0.3, -0.25) is 9.59 Å². The van der Waals surface area contributed by atoms with Crippen molar-refractivity contribution in [2.24, 2.45) is 10.8 Å². The number of amides is 2. The molecule has 2 bridgehead atoms. The molecule has 1 aromatic heterocycles. The number of nitrogens with zero attached hydrogens (tertiary/aromatic N) is 2. The van der Waals surface area contributed by atoms with E-state index < -0.39 is 10.8 Å². The number of hydrogen-bond acceptors (Lipinski definition) is 5. The fourth-order valence-corrected chi connectivity index (χ4v) is 5.52. The zero-order chi connectivity index (χ0) is 16.0. The topological polar surface area (TPSA) is 59.5 Å². The first-order valence-corrected chi connectivity index (χ1v) is 8.69. The van der Waals surface area contributed by atoms with Gasteiger partial charge >= 0.3 is 0 Å². The molecule has 0 saturated carbocycles. The van der Waals surface area contributed by atoms with Gasteiger partial charge in [0.25, 0.3) is 0 Å². The third kappa shape index (κ3) is 1.32. The second-order valence-electron chi connectivity index (χ2n) is 7.01. The van der Waals surface area contributed by atoms with Gasteiger partial charge in [0.15, 0.2) is 5.13 Å². The van der Waals surface area contributed by atoms with Crippen LogP contribution in [0, 0.1) is 10.8 Å². The zero-order valence-electron chi connectivity index (χ0n) is 12.9. The quantitative estimate of drug-likeness (QED) is 0.755. The molecular weight excluding hydrogens is 312 g/mol. The monoisotopic (exact) mass is 328 g/mol. The Balaban J connectivity index is 1.68. The van der Waals surface area contributed by atoms with Crippen molar-refractivity contribution in [1.82, 2.24) is 4.98 Å². The highest BCUT2D eigenvalue weighted by Crippen LogP contribution is 2.64. The number of carbonyl (C=O) groups excluding carboxylic acids is 2. The molecule has 3 fully saturated rings. The Morgan fingerprint density at radius 2 is 1.74 bits per heavy atom. The summed E-state index contributed by atoms with van der Waals surface area (Å²) in [6.07, 6.45) is 1.38. The summed E-state index contributed by atoms with van der Waals surface area (Å²) in [4.78, 5) is 32.2. The molecule has 23 heavy (non-hydrogen) atoms. The van der Waals surface area contributed by atoms with Crippen LogP contribution in [-0.4, -0.2) is 29.0 Å². The van der Waals surface area contributed by atoms with Crippen LogP contribution in [0.1, 0.15) is 26.7 Å². The maximum atomic E-state index is 13.2. The number of ether oxygens (including phenoxy) is 1. The summed E-state index contributed by atoms with van der Waals surface area (Å²) in [6, 6.07) is 7.70. The van der Waals surface area contributed by atoms with Gasteiger partial charge in [-0.2, -0.15) is 0 Å². The molecule has 0 aliphatic carbocycles. The van der Waals surface area contributed by atoms with E-state index in [-0.39, 0.29) is 24.0 Å². The number of carbonyl (C=O) groups is 2. The molecular formula is C17H16N2O3S. The smallest absolute Gasteiger partial charge is 0.245 e. The maximum absolute atomic E-state index is 13.2. The lowest BCUT2D eigenvalue weighted by atomic mass is 9.59. The number of thiazole rings is 1. The van der Waals surface area contributed by atoms with Crippen LogP contribution in [0.2, 0.25) is 0 Å². The fourth-order valence-electron chi connectivity index (χ4n) is 4.56. The van der Waals surface area contributed by atoms with Crippen LogP contribution >= 0.6 is 11.3 Å². The van der Waals surface area contributed by atoms with E-state index in [4.69, 9.17) is 4.74 Å². The zero-order valence-corrected chi connectivity index (χ0v) is 13.7. The van der Waals surface area contributed by atoms with E-state index >= 15 is 0 Å². The van der Waals surface area contributed by atoms with Crippen LogP contribution in [0.3, 0.4) is 0 Å². The predicted octanol–water partition coefficient (Wildman–Crippen LogP) is 2.74. The minimum absolute atomic E-state index is 0.156. The first-order chi connectivity index (χ1) is 11.0. The number of benzene rings is 1. The average molecular weight is 328 g/mol. The van der Waals surface area contributed by atoms with Crippen LogP contribution in [-0.2, 0) is 14.3 Å². The number of hydrogen-bond donors (Lipinski definition) is 0. The van der Waals surface area contributed by atoms with Crippen molar-refractivity contribution in [3.05, 3.63) is 24.3 Å². The van der Waals surface area contributed by atoms with Crippen molar-refractivity contribution < 1.29 is 14.3 Å². The lowest BCUT2D eigenvalue weighted by molar-refractivity contribution is -0.132. The second kappa shape index (κ2) is 3.99. The van der Waals surface area contributed by atoms with Crippen LogP contribution in [0.25, 0.3) is 10.2 Å². The highest BCUT2D eigenvalue weighted by Gasteiger charge is 2.77. The van der Waals surface area contributed by atoms with E-state index in [0.717, 1.165) is 23.1 Å². The van der Waals surface area contributed by atoms with Gasteiger partial charge in [0.1, 0.15) is 0 Å². The van der Waals surface area contributed by atoms with Crippen LogP contribution < -0.4 is 4.90 Å². The molecule has 1 unspecified atom stereocenters. The van der Waals surface area contributed by atoms with E-state index in [2.05, 4.69) is 4.98 Å². The summed E-state index contributed by atoms with van der Waals surface area (Å²) in [5.41, 5.74) is -0.727. The minimum atomic E-state index is -0.773. The van der Waals surface area contributed by atoms with Crippen LogP contribution in [0.5, 0.6) is 0 Å². The van der Waals surface area contributed by atoms with Crippen molar-refractivity contribution in [1.29, 1.82) is 0 Å². The standard InChI is InChI=1S/C17H16N2O3S/c1-16-11-7-8-12(22-11)17(16,2)14(21)19(13(16)20)15-18-9-5-3-4-6-10(9)23-15/h3-6,11-12H,7-8H2,1-2H3/t11-,12+,16+,17?/m0/s1. The molecule has 4 atom stereocenters. The third-order valence-corrected chi connectivity index (χ3v) is 7.18. The molecule has 3 aliphatic rings. The summed E-state index contributed by atoms with van der Waals surface area (Å²) >= 11 is 1.39. The van der Waals surface area contributed by atoms with E-state index in [0.29, 0.717) is 5.13 Å². The van der Waals surface area contributed by atoms with Crippen LogP contribution in [0.15, 0.2) is 24.3 Å². The predicted molar refractivity (Wildman–Crippen MR) is 86.2 cm³/mol. The highest BCUT2D eigenvalue weighted by molar-refractivity contribution is 7.22. The number of rotatable bonds is 1. The number of imide groups is 1. The Hall–Kier alpha value is -1.79. The minimum Gasteiger partial charge on any atom is -0.373 e. The molecule has 2 aromatic rings. The van der Waals surface area contributed by atoms with Gasteiger partial charge in [-0.15, -0.1) is 0 Å². The molecule has 0 radical (unpaired) electrons. The normalized spacial score (nSPS) is 38.8. The summed E-state index contributed by atoms with van der Waals surface area (Å²) in [5, 5.41) is 0.484. The Kier molecular flexibility index (Phi) is 2.37. The molecule has 3 saturated heterocycles. The maximum Gasteiger partial charge on any atom is 0.245 e. The van der Waals surface area contributed by atoms with Crippen molar-refractivity contribution in [2.45, 2.75) is 38.9 Å². The largest absolute Gasteiger partial charge is 0.373 e. The average Bonchev–Trinajstić information content (AvgIpc) is 3.25. The van der Waals surface area contributed by atoms with E-state index in [9.17, 15) is 9.59 Å². The van der Waals surface area contributed by atoms with Gasteiger partial charge in [-0.1, -0.05) is 23.5 Å². The summed E-state index contributed by atoms with van der Waals surface area (Å²) in [6.45, 7) is 3.79.